The first kappa shape index (κ1) is 13.5. The van der Waals surface area contributed by atoms with Crippen LogP contribution in [0, 0.1) is 0 Å². The van der Waals surface area contributed by atoms with Crippen LogP contribution in [0.1, 0.15) is 31.9 Å². The van der Waals surface area contributed by atoms with Gasteiger partial charge >= 0.3 is 0 Å². The predicted octanol–water partition coefficient (Wildman–Crippen LogP) is 3.21. The number of nitrogens with one attached hydrogen (secondary N) is 1. The minimum atomic E-state index is -0.0394. The van der Waals surface area contributed by atoms with Crippen molar-refractivity contribution in [3.63, 3.8) is 0 Å². The summed E-state index contributed by atoms with van der Waals surface area (Å²) in [6, 6.07) is 3.99. The van der Waals surface area contributed by atoms with E-state index in [1.165, 1.54) is 0 Å². The molecular formula is C13H20BrNO. The molecule has 90 valence electrons. The summed E-state index contributed by atoms with van der Waals surface area (Å²) < 4.78 is 1.03. The van der Waals surface area contributed by atoms with Crippen LogP contribution in [0.5, 0.6) is 5.75 Å². The quantitative estimate of drug-likeness (QED) is 0.894. The lowest BCUT2D eigenvalue weighted by Gasteiger charge is -2.22. The number of halogens is 1. The molecule has 0 heterocycles. The second-order valence-corrected chi connectivity index (χ2v) is 5.98. The maximum absolute atomic E-state index is 10.2. The Hall–Kier alpha value is -0.540. The number of hydrogen-bond acceptors (Lipinski definition) is 2. The summed E-state index contributed by atoms with van der Waals surface area (Å²) in [7, 11) is 1.92. The number of phenolic OH excluding ortho intramolecular Hbond substituents is 1. The molecule has 0 bridgehead atoms. The Labute approximate surface area is 106 Å². The molecule has 0 aliphatic heterocycles. The van der Waals surface area contributed by atoms with Crippen molar-refractivity contribution in [2.45, 2.75) is 32.6 Å². The Morgan fingerprint density at radius 2 is 1.94 bits per heavy atom. The SMILES string of the molecule is CNCCc1cc(Br)cc(C(C)(C)C)c1O. The molecule has 0 aromatic heterocycles. The Morgan fingerprint density at radius 3 is 2.44 bits per heavy atom. The van der Waals surface area contributed by atoms with Gasteiger partial charge in [-0.15, -0.1) is 0 Å². The minimum absolute atomic E-state index is 0.0394. The monoisotopic (exact) mass is 285 g/mol. The van der Waals surface area contributed by atoms with E-state index in [-0.39, 0.29) is 5.41 Å². The zero-order chi connectivity index (χ0) is 12.3. The maximum atomic E-state index is 10.2. The molecular weight excluding hydrogens is 266 g/mol. The zero-order valence-corrected chi connectivity index (χ0v) is 12.0. The smallest absolute Gasteiger partial charge is 0.122 e. The molecule has 0 aliphatic rings. The number of aromatic hydroxyl groups is 1. The van der Waals surface area contributed by atoms with Crippen LogP contribution in [0.3, 0.4) is 0 Å². The summed E-state index contributed by atoms with van der Waals surface area (Å²) in [6.07, 6.45) is 0.838. The largest absolute Gasteiger partial charge is 0.507 e. The van der Waals surface area contributed by atoms with Crippen LogP contribution in [0.4, 0.5) is 0 Å². The van der Waals surface area contributed by atoms with Gasteiger partial charge in [0, 0.05) is 10.0 Å². The van der Waals surface area contributed by atoms with E-state index in [9.17, 15) is 5.11 Å². The van der Waals surface area contributed by atoms with Crippen molar-refractivity contribution in [1.82, 2.24) is 5.32 Å². The van der Waals surface area contributed by atoms with Gasteiger partial charge in [0.1, 0.15) is 5.75 Å². The Bertz CT molecular complexity index is 369. The molecule has 1 aromatic rings. The summed E-state index contributed by atoms with van der Waals surface area (Å²) in [5.74, 6) is 0.436. The fourth-order valence-corrected chi connectivity index (χ4v) is 2.18. The summed E-state index contributed by atoms with van der Waals surface area (Å²) in [6.45, 7) is 7.19. The van der Waals surface area contributed by atoms with Gasteiger partial charge in [-0.2, -0.15) is 0 Å². The number of likely N-dealkylation sites (N-methyl/N-ethyl adjacent to an activating group) is 1. The maximum Gasteiger partial charge on any atom is 0.122 e. The average Bonchev–Trinajstić information content (AvgIpc) is 2.17. The van der Waals surface area contributed by atoms with Crippen LogP contribution < -0.4 is 5.32 Å². The molecule has 0 atom stereocenters. The highest BCUT2D eigenvalue weighted by Crippen LogP contribution is 2.35. The van der Waals surface area contributed by atoms with Crippen LogP contribution in [0.25, 0.3) is 0 Å². The van der Waals surface area contributed by atoms with E-state index in [0.29, 0.717) is 5.75 Å². The molecule has 2 nitrogen and oxygen atoms in total. The van der Waals surface area contributed by atoms with Gasteiger partial charge in [0.05, 0.1) is 0 Å². The van der Waals surface area contributed by atoms with Crippen molar-refractivity contribution < 1.29 is 5.11 Å². The van der Waals surface area contributed by atoms with E-state index in [4.69, 9.17) is 0 Å². The normalized spacial score (nSPS) is 11.8. The lowest BCUT2D eigenvalue weighted by Crippen LogP contribution is -2.14. The highest BCUT2D eigenvalue weighted by Gasteiger charge is 2.20. The minimum Gasteiger partial charge on any atom is -0.507 e. The van der Waals surface area contributed by atoms with Crippen LogP contribution >= 0.6 is 15.9 Å². The molecule has 1 aromatic carbocycles. The first-order valence-electron chi connectivity index (χ1n) is 5.52. The molecule has 16 heavy (non-hydrogen) atoms. The van der Waals surface area contributed by atoms with Gasteiger partial charge in [0.15, 0.2) is 0 Å². The van der Waals surface area contributed by atoms with Crippen LogP contribution in [0.2, 0.25) is 0 Å². The van der Waals surface area contributed by atoms with Gasteiger partial charge in [-0.1, -0.05) is 36.7 Å². The Kier molecular flexibility index (Phi) is 4.39. The van der Waals surface area contributed by atoms with Crippen LogP contribution in [0.15, 0.2) is 16.6 Å². The van der Waals surface area contributed by atoms with Gasteiger partial charge in [0.25, 0.3) is 0 Å². The van der Waals surface area contributed by atoms with Gasteiger partial charge in [-0.3, -0.25) is 0 Å². The fraction of sp³-hybridized carbons (Fsp3) is 0.538. The fourth-order valence-electron chi connectivity index (χ4n) is 1.68. The predicted molar refractivity (Wildman–Crippen MR) is 72.1 cm³/mol. The first-order valence-corrected chi connectivity index (χ1v) is 6.32. The number of rotatable bonds is 3. The summed E-state index contributed by atoms with van der Waals surface area (Å²) in [5, 5.41) is 13.3. The summed E-state index contributed by atoms with van der Waals surface area (Å²) in [5.41, 5.74) is 1.95. The molecule has 0 fully saturated rings. The second kappa shape index (κ2) is 5.19. The molecule has 0 amide bonds. The molecule has 3 heteroatoms. The van der Waals surface area contributed by atoms with E-state index in [0.717, 1.165) is 28.6 Å². The Morgan fingerprint density at radius 1 is 1.31 bits per heavy atom. The summed E-state index contributed by atoms with van der Waals surface area (Å²) in [4.78, 5) is 0. The van der Waals surface area contributed by atoms with Gasteiger partial charge < -0.3 is 10.4 Å². The lowest BCUT2D eigenvalue weighted by atomic mass is 9.85. The molecule has 0 saturated heterocycles. The van der Waals surface area contributed by atoms with E-state index in [1.807, 2.05) is 19.2 Å². The lowest BCUT2D eigenvalue weighted by molar-refractivity contribution is 0.439. The molecule has 0 saturated carbocycles. The number of phenols is 1. The van der Waals surface area contributed by atoms with Crippen molar-refractivity contribution in [3.8, 4) is 5.75 Å². The molecule has 0 radical (unpaired) electrons. The van der Waals surface area contributed by atoms with Crippen molar-refractivity contribution in [1.29, 1.82) is 0 Å². The van der Waals surface area contributed by atoms with Crippen molar-refractivity contribution in [2.24, 2.45) is 0 Å². The third kappa shape index (κ3) is 3.22. The second-order valence-electron chi connectivity index (χ2n) is 5.06. The number of hydrogen-bond donors (Lipinski definition) is 2. The summed E-state index contributed by atoms with van der Waals surface area (Å²) >= 11 is 3.50. The van der Waals surface area contributed by atoms with Crippen LogP contribution in [-0.2, 0) is 11.8 Å². The highest BCUT2D eigenvalue weighted by atomic mass is 79.9. The Balaban J connectivity index is 3.16. The average molecular weight is 286 g/mol. The van der Waals surface area contributed by atoms with Gasteiger partial charge in [0.2, 0.25) is 0 Å². The van der Waals surface area contributed by atoms with Gasteiger partial charge in [-0.05, 0) is 43.1 Å². The molecule has 0 aliphatic carbocycles. The van der Waals surface area contributed by atoms with E-state index < -0.39 is 0 Å². The standard InChI is InChI=1S/C13H20BrNO/c1-13(2,3)11-8-10(14)7-9(12(11)16)5-6-15-4/h7-8,15-16H,5-6H2,1-4H3. The highest BCUT2D eigenvalue weighted by molar-refractivity contribution is 9.10. The zero-order valence-electron chi connectivity index (χ0n) is 10.4. The van der Waals surface area contributed by atoms with E-state index >= 15 is 0 Å². The molecule has 0 unspecified atom stereocenters. The third-order valence-electron chi connectivity index (χ3n) is 2.61. The van der Waals surface area contributed by atoms with Crippen molar-refractivity contribution in [2.75, 3.05) is 13.6 Å². The van der Waals surface area contributed by atoms with Crippen LogP contribution in [-0.4, -0.2) is 18.7 Å². The van der Waals surface area contributed by atoms with Crippen molar-refractivity contribution >= 4 is 15.9 Å². The van der Waals surface area contributed by atoms with E-state index in [2.05, 4.69) is 42.0 Å². The van der Waals surface area contributed by atoms with Gasteiger partial charge in [-0.25, -0.2) is 0 Å². The third-order valence-corrected chi connectivity index (χ3v) is 3.06. The van der Waals surface area contributed by atoms with E-state index in [1.54, 1.807) is 0 Å². The molecule has 2 N–H and O–H groups in total. The topological polar surface area (TPSA) is 32.3 Å². The molecule has 0 spiro atoms. The number of benzene rings is 1. The molecule has 1 rings (SSSR count). The first-order chi connectivity index (χ1) is 7.36. The van der Waals surface area contributed by atoms with Crippen molar-refractivity contribution in [3.05, 3.63) is 27.7 Å².